The summed E-state index contributed by atoms with van der Waals surface area (Å²) >= 11 is 0. The topological polar surface area (TPSA) is 0 Å². The van der Waals surface area contributed by atoms with Crippen LogP contribution in [0.5, 0.6) is 0 Å². The van der Waals surface area contributed by atoms with E-state index in [-0.39, 0.29) is 5.82 Å². The van der Waals surface area contributed by atoms with Gasteiger partial charge in [0.25, 0.3) is 0 Å². The Bertz CT molecular complexity index is 638. The molecule has 0 aliphatic carbocycles. The molecule has 0 heterocycles. The lowest BCUT2D eigenvalue weighted by Crippen LogP contribution is -1.94. The SMILES string of the molecule is CCCCC=Cc1ccc(CCc2ccc(CCC)cc2)cc1F. The fourth-order valence-electron chi connectivity index (χ4n) is 2.84. The van der Waals surface area contributed by atoms with Gasteiger partial charge in [-0.1, -0.05) is 81.7 Å². The van der Waals surface area contributed by atoms with Crippen molar-refractivity contribution in [2.45, 2.75) is 58.8 Å². The van der Waals surface area contributed by atoms with Crippen LogP contribution in [-0.4, -0.2) is 0 Å². The van der Waals surface area contributed by atoms with E-state index in [1.165, 1.54) is 24.0 Å². The molecule has 0 bridgehead atoms. The van der Waals surface area contributed by atoms with Crippen LogP contribution in [0.3, 0.4) is 0 Å². The molecule has 0 nitrogen and oxygen atoms in total. The standard InChI is InChI=1S/C23H29F/c1-3-5-6-7-9-22-17-16-21(18-23(22)24)15-14-20-12-10-19(8-4-2)11-13-20/h7,9-13,16-18H,3-6,8,14-15H2,1-2H3. The minimum Gasteiger partial charge on any atom is -0.206 e. The van der Waals surface area contributed by atoms with E-state index in [9.17, 15) is 4.39 Å². The molecule has 0 N–H and O–H groups in total. The van der Waals surface area contributed by atoms with E-state index in [1.54, 1.807) is 6.07 Å². The molecule has 1 heteroatoms. The molecule has 0 saturated carbocycles. The van der Waals surface area contributed by atoms with Gasteiger partial charge in [0, 0.05) is 5.56 Å². The molecule has 0 aromatic heterocycles. The summed E-state index contributed by atoms with van der Waals surface area (Å²) < 4.78 is 14.2. The first kappa shape index (κ1) is 18.4. The van der Waals surface area contributed by atoms with Gasteiger partial charge < -0.3 is 0 Å². The predicted molar refractivity (Wildman–Crippen MR) is 103 cm³/mol. The van der Waals surface area contributed by atoms with Crippen molar-refractivity contribution in [3.8, 4) is 0 Å². The smallest absolute Gasteiger partial charge is 0.130 e. The van der Waals surface area contributed by atoms with E-state index in [1.807, 2.05) is 18.2 Å². The summed E-state index contributed by atoms with van der Waals surface area (Å²) in [6.45, 7) is 4.37. The highest BCUT2D eigenvalue weighted by atomic mass is 19.1. The third kappa shape index (κ3) is 5.96. The highest BCUT2D eigenvalue weighted by Gasteiger charge is 2.02. The van der Waals surface area contributed by atoms with E-state index in [2.05, 4.69) is 44.2 Å². The number of hydrogen-bond acceptors (Lipinski definition) is 0. The van der Waals surface area contributed by atoms with Crippen molar-refractivity contribution in [1.29, 1.82) is 0 Å². The van der Waals surface area contributed by atoms with E-state index < -0.39 is 0 Å². The average molecular weight is 324 g/mol. The summed E-state index contributed by atoms with van der Waals surface area (Å²) in [7, 11) is 0. The zero-order valence-electron chi connectivity index (χ0n) is 15.0. The highest BCUT2D eigenvalue weighted by Crippen LogP contribution is 2.16. The fraction of sp³-hybridized carbons (Fsp3) is 0.391. The van der Waals surface area contributed by atoms with E-state index in [0.717, 1.165) is 37.7 Å². The summed E-state index contributed by atoms with van der Waals surface area (Å²) in [4.78, 5) is 0. The molecule has 128 valence electrons. The van der Waals surface area contributed by atoms with Gasteiger partial charge in [0.1, 0.15) is 5.82 Å². The predicted octanol–water partition coefficient (Wildman–Crippen LogP) is 6.77. The number of rotatable bonds is 9. The van der Waals surface area contributed by atoms with Crippen molar-refractivity contribution >= 4 is 6.08 Å². The van der Waals surface area contributed by atoms with Gasteiger partial charge >= 0.3 is 0 Å². The number of benzene rings is 2. The number of hydrogen-bond donors (Lipinski definition) is 0. The Morgan fingerprint density at radius 2 is 1.42 bits per heavy atom. The minimum atomic E-state index is -0.112. The Balaban J connectivity index is 1.90. The molecule has 0 aliphatic rings. The van der Waals surface area contributed by atoms with Crippen molar-refractivity contribution in [2.24, 2.45) is 0 Å². The Kier molecular flexibility index (Phi) is 7.74. The maximum absolute atomic E-state index is 14.2. The molecule has 2 aromatic carbocycles. The van der Waals surface area contributed by atoms with Crippen molar-refractivity contribution in [3.63, 3.8) is 0 Å². The average Bonchev–Trinajstić information content (AvgIpc) is 2.60. The maximum Gasteiger partial charge on any atom is 0.130 e. The van der Waals surface area contributed by atoms with E-state index in [0.29, 0.717) is 5.56 Å². The minimum absolute atomic E-state index is 0.112. The Labute approximate surface area is 146 Å². The largest absolute Gasteiger partial charge is 0.206 e. The van der Waals surface area contributed by atoms with Gasteiger partial charge in [-0.25, -0.2) is 4.39 Å². The normalized spacial score (nSPS) is 11.3. The molecular weight excluding hydrogens is 295 g/mol. The number of unbranched alkanes of at least 4 members (excludes halogenated alkanes) is 2. The third-order valence-corrected chi connectivity index (χ3v) is 4.35. The second kappa shape index (κ2) is 10.1. The first-order chi connectivity index (χ1) is 11.7. The first-order valence-electron chi connectivity index (χ1n) is 9.25. The molecule has 0 radical (unpaired) electrons. The molecule has 2 aromatic rings. The van der Waals surface area contributed by atoms with Crippen LogP contribution < -0.4 is 0 Å². The monoisotopic (exact) mass is 324 g/mol. The van der Waals surface area contributed by atoms with Crippen LogP contribution in [0.1, 0.15) is 61.8 Å². The first-order valence-corrected chi connectivity index (χ1v) is 9.25. The Morgan fingerprint density at radius 1 is 0.792 bits per heavy atom. The molecule has 0 spiro atoms. The van der Waals surface area contributed by atoms with Crippen LogP contribution in [0.4, 0.5) is 4.39 Å². The van der Waals surface area contributed by atoms with Gasteiger partial charge in [0.2, 0.25) is 0 Å². The molecule has 2 rings (SSSR count). The highest BCUT2D eigenvalue weighted by molar-refractivity contribution is 5.50. The molecule has 0 saturated heterocycles. The lowest BCUT2D eigenvalue weighted by Gasteiger charge is -2.06. The van der Waals surface area contributed by atoms with Crippen LogP contribution in [0.25, 0.3) is 6.08 Å². The summed E-state index contributed by atoms with van der Waals surface area (Å²) in [5, 5.41) is 0. The Hall–Kier alpha value is -1.89. The quantitative estimate of drug-likeness (QED) is 0.447. The Morgan fingerprint density at radius 3 is 2.04 bits per heavy atom. The zero-order valence-corrected chi connectivity index (χ0v) is 15.0. The number of allylic oxidation sites excluding steroid dienone is 1. The molecule has 0 aliphatic heterocycles. The van der Waals surface area contributed by atoms with E-state index in [4.69, 9.17) is 0 Å². The van der Waals surface area contributed by atoms with Crippen LogP contribution >= 0.6 is 0 Å². The van der Waals surface area contributed by atoms with Crippen molar-refractivity contribution in [2.75, 3.05) is 0 Å². The molecule has 0 atom stereocenters. The fourth-order valence-corrected chi connectivity index (χ4v) is 2.84. The van der Waals surface area contributed by atoms with Gasteiger partial charge in [0.15, 0.2) is 0 Å². The summed E-state index contributed by atoms with van der Waals surface area (Å²) in [6.07, 6.45) is 11.5. The lowest BCUT2D eigenvalue weighted by atomic mass is 10.0. The molecule has 0 unspecified atom stereocenters. The van der Waals surface area contributed by atoms with Gasteiger partial charge in [-0.05, 0) is 48.4 Å². The van der Waals surface area contributed by atoms with Gasteiger partial charge in [-0.3, -0.25) is 0 Å². The van der Waals surface area contributed by atoms with Crippen LogP contribution in [0.2, 0.25) is 0 Å². The van der Waals surface area contributed by atoms with E-state index >= 15 is 0 Å². The van der Waals surface area contributed by atoms with Gasteiger partial charge in [0.05, 0.1) is 0 Å². The summed E-state index contributed by atoms with van der Waals surface area (Å²) in [5.41, 5.74) is 4.47. The number of aryl methyl sites for hydroxylation is 3. The maximum atomic E-state index is 14.2. The number of halogens is 1. The molecule has 0 amide bonds. The summed E-state index contributed by atoms with van der Waals surface area (Å²) in [5.74, 6) is -0.112. The second-order valence-corrected chi connectivity index (χ2v) is 6.47. The summed E-state index contributed by atoms with van der Waals surface area (Å²) in [6, 6.07) is 14.5. The van der Waals surface area contributed by atoms with Crippen LogP contribution in [-0.2, 0) is 19.3 Å². The molecule has 0 fully saturated rings. The van der Waals surface area contributed by atoms with Crippen molar-refractivity contribution in [1.82, 2.24) is 0 Å². The second-order valence-electron chi connectivity index (χ2n) is 6.47. The van der Waals surface area contributed by atoms with Gasteiger partial charge in [-0.2, -0.15) is 0 Å². The van der Waals surface area contributed by atoms with Gasteiger partial charge in [-0.15, -0.1) is 0 Å². The molecular formula is C23H29F. The zero-order chi connectivity index (χ0) is 17.2. The van der Waals surface area contributed by atoms with Crippen LogP contribution in [0, 0.1) is 5.82 Å². The van der Waals surface area contributed by atoms with Crippen molar-refractivity contribution in [3.05, 3.63) is 76.6 Å². The lowest BCUT2D eigenvalue weighted by molar-refractivity contribution is 0.622. The van der Waals surface area contributed by atoms with Crippen LogP contribution in [0.15, 0.2) is 48.5 Å². The van der Waals surface area contributed by atoms with Crippen molar-refractivity contribution < 1.29 is 4.39 Å². The third-order valence-electron chi connectivity index (χ3n) is 4.35. The molecule has 24 heavy (non-hydrogen) atoms.